The number of hydrogen-bond donors (Lipinski definition) is 1. The van der Waals surface area contributed by atoms with Crippen molar-refractivity contribution in [3.8, 4) is 0 Å². The highest BCUT2D eigenvalue weighted by Gasteiger charge is 2.25. The van der Waals surface area contributed by atoms with Crippen LogP contribution >= 0.6 is 0 Å². The molecule has 1 amide bonds. The van der Waals surface area contributed by atoms with Gasteiger partial charge in [-0.15, -0.1) is 0 Å². The fraction of sp³-hybridized carbons (Fsp3) is 0.562. The van der Waals surface area contributed by atoms with E-state index in [1.165, 1.54) is 5.56 Å². The number of amides is 1. The Balaban J connectivity index is 2.97. The van der Waals surface area contributed by atoms with Crippen molar-refractivity contribution in [2.45, 2.75) is 32.4 Å². The van der Waals surface area contributed by atoms with Crippen molar-refractivity contribution < 1.29 is 4.79 Å². The molecule has 0 saturated heterocycles. The van der Waals surface area contributed by atoms with Crippen molar-refractivity contribution in [1.82, 2.24) is 9.80 Å². The number of carbonyl (C=O) groups is 1. The molecule has 2 N–H and O–H groups in total. The van der Waals surface area contributed by atoms with E-state index in [0.717, 1.165) is 13.0 Å². The maximum absolute atomic E-state index is 12.0. The third-order valence-corrected chi connectivity index (χ3v) is 3.38. The molecular weight excluding hydrogens is 250 g/mol. The summed E-state index contributed by atoms with van der Waals surface area (Å²) in [5.74, 6) is 0.111. The Morgan fingerprint density at radius 1 is 1.25 bits per heavy atom. The quantitative estimate of drug-likeness (QED) is 0.828. The van der Waals surface area contributed by atoms with Crippen LogP contribution < -0.4 is 5.73 Å². The molecule has 0 heterocycles. The summed E-state index contributed by atoms with van der Waals surface area (Å²) in [6.07, 6.45) is 0.997. The molecule has 1 aromatic carbocycles. The second-order valence-electron chi connectivity index (χ2n) is 5.47. The van der Waals surface area contributed by atoms with E-state index in [-0.39, 0.29) is 18.0 Å². The summed E-state index contributed by atoms with van der Waals surface area (Å²) in [5.41, 5.74) is 7.35. The normalized spacial score (nSPS) is 14.1. The van der Waals surface area contributed by atoms with Crippen LogP contribution in [0.5, 0.6) is 0 Å². The van der Waals surface area contributed by atoms with Crippen molar-refractivity contribution in [3.05, 3.63) is 35.9 Å². The second-order valence-corrected chi connectivity index (χ2v) is 5.47. The van der Waals surface area contributed by atoms with Crippen molar-refractivity contribution >= 4 is 5.91 Å². The summed E-state index contributed by atoms with van der Waals surface area (Å²) in [4.78, 5) is 15.8. The fourth-order valence-electron chi connectivity index (χ4n) is 2.42. The number of rotatable bonds is 7. The Morgan fingerprint density at radius 2 is 1.85 bits per heavy atom. The van der Waals surface area contributed by atoms with Gasteiger partial charge >= 0.3 is 0 Å². The highest BCUT2D eigenvalue weighted by atomic mass is 16.2. The Hall–Kier alpha value is -1.39. The molecule has 0 aliphatic heterocycles. The Kier molecular flexibility index (Phi) is 6.68. The van der Waals surface area contributed by atoms with Gasteiger partial charge in [-0.25, -0.2) is 0 Å². The summed E-state index contributed by atoms with van der Waals surface area (Å²) in [6, 6.07) is 10.2. The lowest BCUT2D eigenvalue weighted by Gasteiger charge is -2.34. The number of nitrogens with zero attached hydrogens (tertiary/aromatic N) is 2. The van der Waals surface area contributed by atoms with Crippen LogP contribution in [0.4, 0.5) is 0 Å². The lowest BCUT2D eigenvalue weighted by atomic mass is 9.99. The number of likely N-dealkylation sites (N-methyl/N-ethyl adjacent to an activating group) is 1. The van der Waals surface area contributed by atoms with E-state index in [9.17, 15) is 4.79 Å². The van der Waals surface area contributed by atoms with Gasteiger partial charge in [-0.05, 0) is 25.5 Å². The van der Waals surface area contributed by atoms with Gasteiger partial charge in [0.15, 0.2) is 0 Å². The highest BCUT2D eigenvalue weighted by Crippen LogP contribution is 2.23. The molecule has 0 radical (unpaired) electrons. The highest BCUT2D eigenvalue weighted by molar-refractivity contribution is 5.77. The van der Waals surface area contributed by atoms with Crippen molar-refractivity contribution in [3.63, 3.8) is 0 Å². The summed E-state index contributed by atoms with van der Waals surface area (Å²) in [6.45, 7) is 5.39. The largest absolute Gasteiger partial charge is 0.348 e. The first-order valence-electron chi connectivity index (χ1n) is 7.22. The van der Waals surface area contributed by atoms with Crippen LogP contribution in [0.15, 0.2) is 30.3 Å². The average Bonchev–Trinajstić information content (AvgIpc) is 2.39. The van der Waals surface area contributed by atoms with Crippen LogP contribution in [0.25, 0.3) is 0 Å². The molecular formula is C16H27N3O. The van der Waals surface area contributed by atoms with Crippen LogP contribution in [-0.4, -0.2) is 48.9 Å². The third-order valence-electron chi connectivity index (χ3n) is 3.38. The lowest BCUT2D eigenvalue weighted by molar-refractivity contribution is -0.130. The van der Waals surface area contributed by atoms with E-state index in [4.69, 9.17) is 5.73 Å². The smallest absolute Gasteiger partial charge is 0.236 e. The third kappa shape index (κ3) is 4.62. The summed E-state index contributed by atoms with van der Waals surface area (Å²) < 4.78 is 0. The van der Waals surface area contributed by atoms with Crippen LogP contribution in [0.2, 0.25) is 0 Å². The Labute approximate surface area is 122 Å². The van der Waals surface area contributed by atoms with Crippen LogP contribution in [0, 0.1) is 0 Å². The Bertz CT molecular complexity index is 403. The molecule has 112 valence electrons. The fourth-order valence-corrected chi connectivity index (χ4v) is 2.42. The average molecular weight is 277 g/mol. The van der Waals surface area contributed by atoms with Crippen LogP contribution in [-0.2, 0) is 4.79 Å². The molecule has 20 heavy (non-hydrogen) atoms. The molecule has 0 aliphatic rings. The van der Waals surface area contributed by atoms with Crippen LogP contribution in [0.1, 0.15) is 31.9 Å². The molecule has 4 nitrogen and oxygen atoms in total. The van der Waals surface area contributed by atoms with Gasteiger partial charge in [-0.2, -0.15) is 0 Å². The molecule has 0 fully saturated rings. The number of hydrogen-bond acceptors (Lipinski definition) is 3. The van der Waals surface area contributed by atoms with Gasteiger partial charge in [0.1, 0.15) is 0 Å². The minimum atomic E-state index is -0.0288. The number of benzene rings is 1. The van der Waals surface area contributed by atoms with Crippen molar-refractivity contribution in [2.75, 3.05) is 27.2 Å². The molecule has 0 saturated carbocycles. The molecule has 2 atom stereocenters. The first-order valence-corrected chi connectivity index (χ1v) is 7.22. The van der Waals surface area contributed by atoms with Gasteiger partial charge in [0.05, 0.1) is 12.6 Å². The van der Waals surface area contributed by atoms with E-state index in [2.05, 4.69) is 24.0 Å². The number of nitrogens with two attached hydrogens (primary N) is 1. The van der Waals surface area contributed by atoms with Crippen LogP contribution in [0.3, 0.4) is 0 Å². The van der Waals surface area contributed by atoms with E-state index >= 15 is 0 Å². The molecule has 1 aromatic rings. The first kappa shape index (κ1) is 16.7. The molecule has 0 aliphatic carbocycles. The molecule has 0 bridgehead atoms. The Morgan fingerprint density at radius 3 is 2.30 bits per heavy atom. The van der Waals surface area contributed by atoms with Gasteiger partial charge in [0, 0.05) is 20.1 Å². The zero-order valence-electron chi connectivity index (χ0n) is 13.0. The van der Waals surface area contributed by atoms with Gasteiger partial charge in [0.25, 0.3) is 0 Å². The number of carbonyl (C=O) groups excluding carboxylic acids is 1. The SMILES string of the molecule is CCCN(CC(=O)N(C)C)C(c1ccccc1)C(C)N. The molecule has 1 rings (SSSR count). The van der Waals surface area contributed by atoms with E-state index < -0.39 is 0 Å². The molecule has 4 heteroatoms. The topological polar surface area (TPSA) is 49.6 Å². The van der Waals surface area contributed by atoms with E-state index in [0.29, 0.717) is 6.54 Å². The molecule has 0 spiro atoms. The van der Waals surface area contributed by atoms with Gasteiger partial charge in [-0.3, -0.25) is 9.69 Å². The molecule has 2 unspecified atom stereocenters. The maximum Gasteiger partial charge on any atom is 0.236 e. The lowest BCUT2D eigenvalue weighted by Crippen LogP contribution is -2.44. The zero-order valence-corrected chi connectivity index (χ0v) is 13.0. The minimum absolute atomic E-state index is 0.0288. The maximum atomic E-state index is 12.0. The minimum Gasteiger partial charge on any atom is -0.348 e. The monoisotopic (exact) mass is 277 g/mol. The standard InChI is InChI=1S/C16H27N3O/c1-5-11-19(12-15(20)18(3)4)16(13(2)17)14-9-7-6-8-10-14/h6-10,13,16H,5,11-12,17H2,1-4H3. The first-order chi connectivity index (χ1) is 9.47. The summed E-state index contributed by atoms with van der Waals surface area (Å²) >= 11 is 0. The van der Waals surface area contributed by atoms with Gasteiger partial charge < -0.3 is 10.6 Å². The summed E-state index contributed by atoms with van der Waals surface area (Å²) in [5, 5.41) is 0. The van der Waals surface area contributed by atoms with Crippen molar-refractivity contribution in [1.29, 1.82) is 0 Å². The van der Waals surface area contributed by atoms with E-state index in [1.807, 2.05) is 25.1 Å². The summed E-state index contributed by atoms with van der Waals surface area (Å²) in [7, 11) is 3.58. The second kappa shape index (κ2) is 8.02. The predicted molar refractivity (Wildman–Crippen MR) is 83.4 cm³/mol. The predicted octanol–water partition coefficient (Wildman–Crippen LogP) is 1.88. The molecule has 0 aromatic heterocycles. The van der Waals surface area contributed by atoms with Gasteiger partial charge in [-0.1, -0.05) is 37.3 Å². The zero-order chi connectivity index (χ0) is 15.1. The van der Waals surface area contributed by atoms with E-state index in [1.54, 1.807) is 19.0 Å². The van der Waals surface area contributed by atoms with Gasteiger partial charge in [0.2, 0.25) is 5.91 Å². The van der Waals surface area contributed by atoms with Crippen molar-refractivity contribution in [2.24, 2.45) is 5.73 Å².